The van der Waals surface area contributed by atoms with Crippen LogP contribution in [0.3, 0.4) is 0 Å². The maximum Gasteiger partial charge on any atom is 0.251 e. The number of carbonyl (C=O) groups excluding carboxylic acids is 2. The highest BCUT2D eigenvalue weighted by atomic mass is 32.2. The molecule has 0 heterocycles. The summed E-state index contributed by atoms with van der Waals surface area (Å²) >= 11 is 1.32. The summed E-state index contributed by atoms with van der Waals surface area (Å²) in [4.78, 5) is 23.6. The zero-order chi connectivity index (χ0) is 13.5. The second-order valence-corrected chi connectivity index (χ2v) is 4.59. The van der Waals surface area contributed by atoms with Gasteiger partial charge in [0.1, 0.15) is 0 Å². The summed E-state index contributed by atoms with van der Waals surface area (Å²) in [5, 5.41) is 5.25. The van der Waals surface area contributed by atoms with Crippen LogP contribution in [0, 0.1) is 0 Å². The summed E-state index contributed by atoms with van der Waals surface area (Å²) in [7, 11) is 1.57. The van der Waals surface area contributed by atoms with Crippen LogP contribution in [-0.2, 0) is 4.79 Å². The molecule has 0 atom stereocenters. The van der Waals surface area contributed by atoms with Crippen LogP contribution in [0.2, 0.25) is 0 Å². The maximum atomic E-state index is 11.5. The number of nitrogen functional groups attached to an aromatic ring is 1. The lowest BCUT2D eigenvalue weighted by Gasteiger charge is -2.07. The Morgan fingerprint density at radius 2 is 2.11 bits per heavy atom. The lowest BCUT2D eigenvalue weighted by molar-refractivity contribution is -0.118. The van der Waals surface area contributed by atoms with Crippen molar-refractivity contribution in [2.75, 3.05) is 25.1 Å². The SMILES string of the molecule is CCNC(=O)CSc1cc(C(=O)NC)ccc1N. The van der Waals surface area contributed by atoms with Gasteiger partial charge in [-0.15, -0.1) is 11.8 Å². The van der Waals surface area contributed by atoms with E-state index in [0.29, 0.717) is 17.8 Å². The van der Waals surface area contributed by atoms with E-state index in [1.807, 2.05) is 6.92 Å². The van der Waals surface area contributed by atoms with Crippen LogP contribution in [0.4, 0.5) is 5.69 Å². The van der Waals surface area contributed by atoms with Crippen molar-refractivity contribution in [2.24, 2.45) is 0 Å². The van der Waals surface area contributed by atoms with Gasteiger partial charge in [-0.1, -0.05) is 0 Å². The molecule has 5 nitrogen and oxygen atoms in total. The number of nitrogens with one attached hydrogen (secondary N) is 2. The first-order valence-electron chi connectivity index (χ1n) is 5.59. The van der Waals surface area contributed by atoms with Crippen molar-refractivity contribution in [2.45, 2.75) is 11.8 Å². The highest BCUT2D eigenvalue weighted by Crippen LogP contribution is 2.26. The Hall–Kier alpha value is -1.69. The molecular formula is C12H17N3O2S. The molecule has 0 spiro atoms. The van der Waals surface area contributed by atoms with E-state index in [4.69, 9.17) is 5.73 Å². The van der Waals surface area contributed by atoms with Crippen LogP contribution < -0.4 is 16.4 Å². The molecule has 18 heavy (non-hydrogen) atoms. The Morgan fingerprint density at radius 1 is 1.39 bits per heavy atom. The van der Waals surface area contributed by atoms with Crippen molar-refractivity contribution >= 4 is 29.3 Å². The number of benzene rings is 1. The van der Waals surface area contributed by atoms with Crippen LogP contribution in [-0.4, -0.2) is 31.2 Å². The normalized spacial score (nSPS) is 9.89. The van der Waals surface area contributed by atoms with Gasteiger partial charge in [-0.3, -0.25) is 9.59 Å². The third-order valence-electron chi connectivity index (χ3n) is 2.24. The highest BCUT2D eigenvalue weighted by Gasteiger charge is 2.09. The molecule has 2 amide bonds. The molecule has 6 heteroatoms. The molecule has 0 fully saturated rings. The van der Waals surface area contributed by atoms with Gasteiger partial charge in [-0.05, 0) is 25.1 Å². The lowest BCUT2D eigenvalue weighted by atomic mass is 10.2. The quantitative estimate of drug-likeness (QED) is 0.545. The standard InChI is InChI=1S/C12H17N3O2S/c1-3-15-11(16)7-18-10-6-8(12(17)14-2)4-5-9(10)13/h4-6H,3,7,13H2,1-2H3,(H,14,17)(H,15,16). The largest absolute Gasteiger partial charge is 0.398 e. The van der Waals surface area contributed by atoms with Gasteiger partial charge in [-0.2, -0.15) is 0 Å². The summed E-state index contributed by atoms with van der Waals surface area (Å²) in [5.74, 6) is 0.0667. The number of anilines is 1. The molecule has 0 aliphatic rings. The van der Waals surface area contributed by atoms with Crippen LogP contribution in [0.5, 0.6) is 0 Å². The fraction of sp³-hybridized carbons (Fsp3) is 0.333. The molecule has 1 aromatic rings. The van der Waals surface area contributed by atoms with Gasteiger partial charge in [0.25, 0.3) is 5.91 Å². The summed E-state index contributed by atoms with van der Waals surface area (Å²) in [6.45, 7) is 2.47. The summed E-state index contributed by atoms with van der Waals surface area (Å²) < 4.78 is 0. The smallest absolute Gasteiger partial charge is 0.251 e. The number of thioether (sulfide) groups is 1. The topological polar surface area (TPSA) is 84.2 Å². The minimum atomic E-state index is -0.171. The first-order valence-corrected chi connectivity index (χ1v) is 6.58. The number of carbonyl (C=O) groups is 2. The molecule has 0 saturated heterocycles. The second kappa shape index (κ2) is 6.90. The fourth-order valence-electron chi connectivity index (χ4n) is 1.34. The van der Waals surface area contributed by atoms with E-state index in [1.165, 1.54) is 11.8 Å². The fourth-order valence-corrected chi connectivity index (χ4v) is 2.17. The summed E-state index contributed by atoms with van der Waals surface area (Å²) in [6.07, 6.45) is 0. The third-order valence-corrected chi connectivity index (χ3v) is 3.31. The molecule has 0 bridgehead atoms. The molecule has 0 saturated carbocycles. The zero-order valence-electron chi connectivity index (χ0n) is 10.4. The Morgan fingerprint density at radius 3 is 2.72 bits per heavy atom. The molecule has 4 N–H and O–H groups in total. The number of nitrogens with two attached hydrogens (primary N) is 1. The molecule has 98 valence electrons. The zero-order valence-corrected chi connectivity index (χ0v) is 11.3. The molecule has 1 aromatic carbocycles. The molecular weight excluding hydrogens is 250 g/mol. The van der Waals surface area contributed by atoms with Crippen molar-refractivity contribution < 1.29 is 9.59 Å². The first kappa shape index (κ1) is 14.4. The van der Waals surface area contributed by atoms with Gasteiger partial charge in [0.15, 0.2) is 0 Å². The van der Waals surface area contributed by atoms with Crippen LogP contribution in [0.25, 0.3) is 0 Å². The summed E-state index contributed by atoms with van der Waals surface area (Å²) in [6, 6.07) is 5.02. The van der Waals surface area contributed by atoms with Crippen molar-refractivity contribution in [3.8, 4) is 0 Å². The van der Waals surface area contributed by atoms with Gasteiger partial charge in [0.2, 0.25) is 5.91 Å². The van der Waals surface area contributed by atoms with Crippen molar-refractivity contribution in [3.63, 3.8) is 0 Å². The minimum absolute atomic E-state index is 0.0488. The summed E-state index contributed by atoms with van der Waals surface area (Å²) in [5.41, 5.74) is 6.91. The minimum Gasteiger partial charge on any atom is -0.398 e. The highest BCUT2D eigenvalue weighted by molar-refractivity contribution is 8.00. The van der Waals surface area contributed by atoms with Gasteiger partial charge < -0.3 is 16.4 Å². The van der Waals surface area contributed by atoms with E-state index in [1.54, 1.807) is 25.2 Å². The molecule has 0 aliphatic heterocycles. The Bertz CT molecular complexity index is 449. The number of hydrogen-bond acceptors (Lipinski definition) is 4. The molecule has 0 aromatic heterocycles. The van der Waals surface area contributed by atoms with Gasteiger partial charge in [0.05, 0.1) is 5.75 Å². The van der Waals surface area contributed by atoms with E-state index < -0.39 is 0 Å². The van der Waals surface area contributed by atoms with Gasteiger partial charge in [-0.25, -0.2) is 0 Å². The van der Waals surface area contributed by atoms with Crippen molar-refractivity contribution in [3.05, 3.63) is 23.8 Å². The van der Waals surface area contributed by atoms with Gasteiger partial charge in [0, 0.05) is 29.7 Å². The van der Waals surface area contributed by atoms with Crippen LogP contribution >= 0.6 is 11.8 Å². The van der Waals surface area contributed by atoms with Crippen molar-refractivity contribution in [1.29, 1.82) is 0 Å². The third kappa shape index (κ3) is 3.96. The molecule has 0 radical (unpaired) electrons. The van der Waals surface area contributed by atoms with Crippen molar-refractivity contribution in [1.82, 2.24) is 10.6 Å². The maximum absolute atomic E-state index is 11.5. The number of rotatable bonds is 5. The monoisotopic (exact) mass is 267 g/mol. The van der Waals surface area contributed by atoms with E-state index in [2.05, 4.69) is 10.6 Å². The van der Waals surface area contributed by atoms with Crippen LogP contribution in [0.1, 0.15) is 17.3 Å². The Kier molecular flexibility index (Phi) is 5.51. The first-order chi connectivity index (χ1) is 8.58. The predicted molar refractivity (Wildman–Crippen MR) is 73.7 cm³/mol. The average molecular weight is 267 g/mol. The Balaban J connectivity index is 2.75. The van der Waals surface area contributed by atoms with E-state index in [9.17, 15) is 9.59 Å². The lowest BCUT2D eigenvalue weighted by Crippen LogP contribution is -2.24. The number of amides is 2. The molecule has 0 unspecified atom stereocenters. The van der Waals surface area contributed by atoms with E-state index in [0.717, 1.165) is 4.90 Å². The average Bonchev–Trinajstić information content (AvgIpc) is 2.37. The molecule has 0 aliphatic carbocycles. The van der Waals surface area contributed by atoms with Gasteiger partial charge >= 0.3 is 0 Å². The van der Waals surface area contributed by atoms with E-state index >= 15 is 0 Å². The second-order valence-electron chi connectivity index (χ2n) is 3.57. The Labute approximate surface area is 111 Å². The van der Waals surface area contributed by atoms with E-state index in [-0.39, 0.29) is 17.6 Å². The van der Waals surface area contributed by atoms with Crippen LogP contribution in [0.15, 0.2) is 23.1 Å². The number of hydrogen-bond donors (Lipinski definition) is 3. The predicted octanol–water partition coefficient (Wildman–Crippen LogP) is 0.857. The molecule has 1 rings (SSSR count).